The smallest absolute Gasteiger partial charge is 0.407 e. The molecule has 8 heteroatoms. The number of hydrogen-bond acceptors (Lipinski definition) is 3. The molecule has 27 heavy (non-hydrogen) atoms. The Morgan fingerprint density at radius 3 is 2.44 bits per heavy atom. The number of piperidine rings is 1. The molecule has 1 aliphatic heterocycles. The fourth-order valence-electron chi connectivity index (χ4n) is 5.41. The van der Waals surface area contributed by atoms with Gasteiger partial charge in [0.25, 0.3) is 0 Å². The predicted molar refractivity (Wildman–Crippen MR) is 107 cm³/mol. The standard InChI is InChI=1S/C19H32N4O3S/c20-16(24)11-15(22-18(27)21-13-6-2-3-7-13)17-14-8-4-1-5-12(14)9-10-23(17)19(25)26/h12-15,17H,1-11H2,(H2,20,24)(H,25,26)(H2,21,22,27). The summed E-state index contributed by atoms with van der Waals surface area (Å²) in [4.78, 5) is 25.2. The third-order valence-electron chi connectivity index (χ3n) is 6.59. The Morgan fingerprint density at radius 2 is 1.78 bits per heavy atom. The second kappa shape index (κ2) is 9.08. The van der Waals surface area contributed by atoms with E-state index in [0.717, 1.165) is 38.5 Å². The zero-order valence-electron chi connectivity index (χ0n) is 15.9. The topological polar surface area (TPSA) is 108 Å². The van der Waals surface area contributed by atoms with Crippen molar-refractivity contribution in [2.24, 2.45) is 17.6 Å². The molecule has 4 unspecified atom stereocenters. The number of likely N-dealkylation sites (tertiary alicyclic amines) is 1. The SMILES string of the molecule is NC(=O)CC(NC(=S)NC1CCCC1)C1C2CCCCC2CCN1C(=O)O. The maximum atomic E-state index is 11.9. The number of primary amides is 1. The Hall–Kier alpha value is -1.57. The molecule has 0 aromatic carbocycles. The number of nitrogens with two attached hydrogens (primary N) is 1. The molecule has 152 valence electrons. The van der Waals surface area contributed by atoms with E-state index in [2.05, 4.69) is 10.6 Å². The molecular weight excluding hydrogens is 364 g/mol. The maximum Gasteiger partial charge on any atom is 0.407 e. The summed E-state index contributed by atoms with van der Waals surface area (Å²) in [6.07, 6.45) is 9.11. The highest BCUT2D eigenvalue weighted by Gasteiger charge is 2.45. The van der Waals surface area contributed by atoms with E-state index >= 15 is 0 Å². The van der Waals surface area contributed by atoms with E-state index in [1.54, 1.807) is 0 Å². The van der Waals surface area contributed by atoms with E-state index < -0.39 is 12.0 Å². The molecule has 0 bridgehead atoms. The highest BCUT2D eigenvalue weighted by Crippen LogP contribution is 2.41. The fourth-order valence-corrected chi connectivity index (χ4v) is 5.73. The number of hydrogen-bond donors (Lipinski definition) is 4. The minimum atomic E-state index is -0.921. The minimum Gasteiger partial charge on any atom is -0.465 e. The molecule has 5 N–H and O–H groups in total. The lowest BCUT2D eigenvalue weighted by molar-refractivity contribution is -0.119. The Balaban J connectivity index is 1.77. The Bertz CT molecular complexity index is 567. The van der Waals surface area contributed by atoms with Crippen molar-refractivity contribution in [2.75, 3.05) is 6.54 Å². The van der Waals surface area contributed by atoms with Crippen molar-refractivity contribution >= 4 is 29.3 Å². The predicted octanol–water partition coefficient (Wildman–Crippen LogP) is 2.20. The monoisotopic (exact) mass is 396 g/mol. The lowest BCUT2D eigenvalue weighted by atomic mass is 9.69. The number of carboxylic acid groups (broad SMARTS) is 1. The Kier molecular flexibility index (Phi) is 6.78. The van der Waals surface area contributed by atoms with E-state index in [9.17, 15) is 14.7 Å². The van der Waals surface area contributed by atoms with Crippen LogP contribution in [-0.2, 0) is 4.79 Å². The van der Waals surface area contributed by atoms with Gasteiger partial charge in [-0.1, -0.05) is 32.1 Å². The van der Waals surface area contributed by atoms with Crippen molar-refractivity contribution < 1.29 is 14.7 Å². The van der Waals surface area contributed by atoms with Gasteiger partial charge in [0.1, 0.15) is 0 Å². The Morgan fingerprint density at radius 1 is 1.11 bits per heavy atom. The number of amides is 2. The molecule has 2 aliphatic carbocycles. The summed E-state index contributed by atoms with van der Waals surface area (Å²) < 4.78 is 0. The number of thiocarbonyl (C=S) groups is 1. The van der Waals surface area contributed by atoms with Gasteiger partial charge in [0.05, 0.1) is 12.1 Å². The van der Waals surface area contributed by atoms with Crippen LogP contribution in [0.25, 0.3) is 0 Å². The van der Waals surface area contributed by atoms with Crippen molar-refractivity contribution in [1.82, 2.24) is 15.5 Å². The first-order valence-corrected chi connectivity index (χ1v) is 10.7. The number of nitrogens with zero attached hydrogens (tertiary/aromatic N) is 1. The van der Waals surface area contributed by atoms with Gasteiger partial charge in [-0.25, -0.2) is 4.79 Å². The van der Waals surface area contributed by atoms with Crippen LogP contribution in [0.3, 0.4) is 0 Å². The molecule has 1 heterocycles. The zero-order valence-corrected chi connectivity index (χ0v) is 16.7. The number of carbonyl (C=O) groups excluding carboxylic acids is 1. The van der Waals surface area contributed by atoms with E-state index in [4.69, 9.17) is 18.0 Å². The summed E-state index contributed by atoms with van der Waals surface area (Å²) >= 11 is 5.50. The lowest BCUT2D eigenvalue weighted by Crippen LogP contribution is -2.63. The van der Waals surface area contributed by atoms with Gasteiger partial charge in [-0.2, -0.15) is 0 Å². The normalized spacial score (nSPS) is 29.6. The zero-order chi connectivity index (χ0) is 19.4. The summed E-state index contributed by atoms with van der Waals surface area (Å²) in [6, 6.07) is -0.285. The van der Waals surface area contributed by atoms with Gasteiger partial charge in [-0.05, 0) is 49.7 Å². The highest BCUT2D eigenvalue weighted by molar-refractivity contribution is 7.80. The molecule has 0 aromatic heterocycles. The van der Waals surface area contributed by atoms with Crippen molar-refractivity contribution in [3.8, 4) is 0 Å². The molecular formula is C19H32N4O3S. The summed E-state index contributed by atoms with van der Waals surface area (Å²) in [6.45, 7) is 0.515. The molecule has 3 aliphatic rings. The van der Waals surface area contributed by atoms with Crippen LogP contribution in [0.1, 0.15) is 64.2 Å². The number of nitrogens with one attached hydrogen (secondary N) is 2. The number of rotatable bonds is 5. The van der Waals surface area contributed by atoms with Crippen LogP contribution >= 0.6 is 12.2 Å². The largest absolute Gasteiger partial charge is 0.465 e. The van der Waals surface area contributed by atoms with Crippen molar-refractivity contribution in [2.45, 2.75) is 82.3 Å². The van der Waals surface area contributed by atoms with Gasteiger partial charge in [-0.15, -0.1) is 0 Å². The van der Waals surface area contributed by atoms with Gasteiger partial charge in [0, 0.05) is 19.0 Å². The van der Waals surface area contributed by atoms with Crippen molar-refractivity contribution in [3.05, 3.63) is 0 Å². The third-order valence-corrected chi connectivity index (χ3v) is 6.83. The van der Waals surface area contributed by atoms with Crippen LogP contribution < -0.4 is 16.4 Å². The molecule has 0 spiro atoms. The summed E-state index contributed by atoms with van der Waals surface area (Å²) in [5.74, 6) is 0.349. The molecule has 0 radical (unpaired) electrons. The summed E-state index contributed by atoms with van der Waals surface area (Å²) in [5, 5.41) is 16.9. The van der Waals surface area contributed by atoms with Crippen LogP contribution in [0.15, 0.2) is 0 Å². The highest BCUT2D eigenvalue weighted by atomic mass is 32.1. The van der Waals surface area contributed by atoms with Crippen LogP contribution in [0.5, 0.6) is 0 Å². The van der Waals surface area contributed by atoms with E-state index in [-0.39, 0.29) is 24.4 Å². The van der Waals surface area contributed by atoms with Crippen LogP contribution in [0.4, 0.5) is 4.79 Å². The molecule has 1 saturated heterocycles. The molecule has 2 amide bonds. The first-order valence-electron chi connectivity index (χ1n) is 10.3. The maximum absolute atomic E-state index is 11.9. The van der Waals surface area contributed by atoms with Crippen LogP contribution in [0.2, 0.25) is 0 Å². The number of carbonyl (C=O) groups is 2. The van der Waals surface area contributed by atoms with Gasteiger partial charge in [0.2, 0.25) is 5.91 Å². The van der Waals surface area contributed by atoms with Crippen molar-refractivity contribution in [3.63, 3.8) is 0 Å². The molecule has 3 rings (SSSR count). The molecule has 3 fully saturated rings. The average molecular weight is 397 g/mol. The second-order valence-electron chi connectivity index (χ2n) is 8.34. The van der Waals surface area contributed by atoms with Gasteiger partial charge in [0.15, 0.2) is 5.11 Å². The lowest BCUT2D eigenvalue weighted by Gasteiger charge is -2.49. The fraction of sp³-hybridized carbons (Fsp3) is 0.842. The third kappa shape index (κ3) is 5.03. The van der Waals surface area contributed by atoms with E-state index in [0.29, 0.717) is 23.6 Å². The summed E-state index contributed by atoms with van der Waals surface area (Å²) in [5.41, 5.74) is 5.52. The second-order valence-corrected chi connectivity index (χ2v) is 8.75. The quantitative estimate of drug-likeness (QED) is 0.531. The molecule has 4 atom stereocenters. The molecule has 7 nitrogen and oxygen atoms in total. The van der Waals surface area contributed by atoms with Gasteiger partial charge in [-0.3, -0.25) is 4.79 Å². The minimum absolute atomic E-state index is 0.0875. The van der Waals surface area contributed by atoms with Gasteiger partial charge >= 0.3 is 6.09 Å². The van der Waals surface area contributed by atoms with Crippen molar-refractivity contribution in [1.29, 1.82) is 0 Å². The van der Waals surface area contributed by atoms with E-state index in [1.165, 1.54) is 24.2 Å². The molecule has 2 saturated carbocycles. The number of fused-ring (bicyclic) bond motifs is 1. The Labute approximate surface area is 166 Å². The summed E-state index contributed by atoms with van der Waals surface area (Å²) in [7, 11) is 0. The van der Waals surface area contributed by atoms with Crippen LogP contribution in [-0.4, -0.2) is 51.8 Å². The van der Waals surface area contributed by atoms with Crippen LogP contribution in [0, 0.1) is 11.8 Å². The van der Waals surface area contributed by atoms with E-state index in [1.807, 2.05) is 0 Å². The molecule has 0 aromatic rings. The average Bonchev–Trinajstić information content (AvgIpc) is 3.12. The van der Waals surface area contributed by atoms with Gasteiger partial charge < -0.3 is 26.4 Å². The first-order chi connectivity index (χ1) is 13.0. The first kappa shape index (κ1) is 20.2.